The summed E-state index contributed by atoms with van der Waals surface area (Å²) < 4.78 is 22.0. The van der Waals surface area contributed by atoms with E-state index in [1.807, 2.05) is 60.7 Å². The zero-order valence-electron chi connectivity index (χ0n) is 29.3. The van der Waals surface area contributed by atoms with Crippen molar-refractivity contribution in [3.05, 3.63) is 176 Å². The lowest BCUT2D eigenvalue weighted by Gasteiger charge is -2.27. The van der Waals surface area contributed by atoms with E-state index in [1.165, 1.54) is 5.39 Å². The zero-order chi connectivity index (χ0) is 36.0. The van der Waals surface area contributed by atoms with Crippen molar-refractivity contribution >= 4 is 93.8 Å². The molecule has 0 aliphatic carbocycles. The number of aromatic nitrogens is 2. The van der Waals surface area contributed by atoms with Gasteiger partial charge >= 0.3 is 0 Å². The maximum absolute atomic E-state index is 6.67. The Balaban J connectivity index is 1.16. The molecular formula is C49H29N3O3. The first-order chi connectivity index (χ1) is 27.3. The van der Waals surface area contributed by atoms with Crippen molar-refractivity contribution in [2.75, 3.05) is 4.90 Å². The van der Waals surface area contributed by atoms with Gasteiger partial charge in [-0.25, -0.2) is 4.98 Å². The largest absolute Gasteiger partial charge is 0.456 e. The van der Waals surface area contributed by atoms with Crippen LogP contribution in [0.1, 0.15) is 0 Å². The molecule has 0 radical (unpaired) electrons. The Morgan fingerprint density at radius 2 is 1.13 bits per heavy atom. The molecule has 0 aliphatic rings. The zero-order valence-corrected chi connectivity index (χ0v) is 29.3. The van der Waals surface area contributed by atoms with Crippen LogP contribution in [0, 0.1) is 0 Å². The maximum Gasteiger partial charge on any atom is 0.227 e. The number of oxazole rings is 1. The quantitative estimate of drug-likeness (QED) is 0.178. The minimum Gasteiger partial charge on any atom is -0.456 e. The minimum absolute atomic E-state index is 0.586. The van der Waals surface area contributed by atoms with Gasteiger partial charge in [0.05, 0.1) is 33.2 Å². The highest BCUT2D eigenvalue weighted by atomic mass is 16.4. The summed E-state index contributed by atoms with van der Waals surface area (Å²) >= 11 is 0. The summed E-state index contributed by atoms with van der Waals surface area (Å²) in [5.41, 5.74) is 11.9. The lowest BCUT2D eigenvalue weighted by molar-refractivity contribution is 0.622. The molecule has 12 rings (SSSR count). The molecule has 12 aromatic rings. The van der Waals surface area contributed by atoms with E-state index in [2.05, 4.69) is 125 Å². The minimum atomic E-state index is 0.586. The maximum atomic E-state index is 6.67. The van der Waals surface area contributed by atoms with Crippen LogP contribution in [0.15, 0.2) is 189 Å². The van der Waals surface area contributed by atoms with E-state index >= 15 is 0 Å². The first kappa shape index (κ1) is 29.9. The lowest BCUT2D eigenvalue weighted by atomic mass is 10.1. The Morgan fingerprint density at radius 3 is 2.02 bits per heavy atom. The van der Waals surface area contributed by atoms with E-state index in [-0.39, 0.29) is 0 Å². The van der Waals surface area contributed by atoms with Crippen LogP contribution in [-0.4, -0.2) is 9.55 Å². The number of benzene rings is 8. The first-order valence-electron chi connectivity index (χ1n) is 18.4. The molecule has 0 bridgehead atoms. The van der Waals surface area contributed by atoms with E-state index in [0.717, 1.165) is 94.1 Å². The van der Waals surface area contributed by atoms with E-state index in [1.54, 1.807) is 0 Å². The van der Waals surface area contributed by atoms with Crippen molar-refractivity contribution in [1.82, 2.24) is 9.55 Å². The van der Waals surface area contributed by atoms with Gasteiger partial charge in [-0.05, 0) is 78.9 Å². The van der Waals surface area contributed by atoms with Gasteiger partial charge in [-0.15, -0.1) is 0 Å². The van der Waals surface area contributed by atoms with Gasteiger partial charge in [0.1, 0.15) is 27.8 Å². The predicted octanol–water partition coefficient (Wildman–Crippen LogP) is 13.9. The van der Waals surface area contributed by atoms with Gasteiger partial charge in [-0.2, -0.15) is 0 Å². The molecule has 0 amide bonds. The van der Waals surface area contributed by atoms with Crippen molar-refractivity contribution in [2.45, 2.75) is 0 Å². The lowest BCUT2D eigenvalue weighted by Crippen LogP contribution is -2.12. The van der Waals surface area contributed by atoms with E-state index in [9.17, 15) is 0 Å². The molecule has 55 heavy (non-hydrogen) atoms. The molecule has 0 fully saturated rings. The average molecular weight is 708 g/mol. The number of furan rings is 2. The topological polar surface area (TPSA) is 60.5 Å². The van der Waals surface area contributed by atoms with E-state index < -0.39 is 0 Å². The SMILES string of the molecule is c1ccc(-c2nc3ccc4oc5cc(N(c6cccc7oc8ccccc8c67)c6cccc7c8ccccc8n(-c8ccccc8)c67)ccc5c4c3o2)cc1. The molecule has 0 saturated heterocycles. The highest BCUT2D eigenvalue weighted by Crippen LogP contribution is 2.48. The van der Waals surface area contributed by atoms with Crippen LogP contribution in [0.3, 0.4) is 0 Å². The second-order valence-electron chi connectivity index (χ2n) is 13.9. The van der Waals surface area contributed by atoms with Gasteiger partial charge in [0.15, 0.2) is 5.58 Å². The summed E-state index contributed by atoms with van der Waals surface area (Å²) in [7, 11) is 0. The summed E-state index contributed by atoms with van der Waals surface area (Å²) in [6, 6.07) is 60.8. The molecule has 4 heterocycles. The number of anilines is 3. The molecular weight excluding hydrogens is 679 g/mol. The van der Waals surface area contributed by atoms with Crippen molar-refractivity contribution in [3.8, 4) is 17.1 Å². The van der Waals surface area contributed by atoms with Crippen LogP contribution in [-0.2, 0) is 0 Å². The third kappa shape index (κ3) is 4.39. The van der Waals surface area contributed by atoms with Crippen molar-refractivity contribution in [3.63, 3.8) is 0 Å². The molecule has 258 valence electrons. The van der Waals surface area contributed by atoms with Crippen LogP contribution in [0.4, 0.5) is 17.1 Å². The summed E-state index contributed by atoms with van der Waals surface area (Å²) in [6.07, 6.45) is 0. The molecule has 0 atom stereocenters. The summed E-state index contributed by atoms with van der Waals surface area (Å²) in [5.74, 6) is 0.586. The Bertz CT molecular complexity index is 3440. The van der Waals surface area contributed by atoms with E-state index in [0.29, 0.717) is 11.5 Å². The number of para-hydroxylation sites is 4. The number of hydrogen-bond donors (Lipinski definition) is 0. The fourth-order valence-corrected chi connectivity index (χ4v) is 8.45. The highest BCUT2D eigenvalue weighted by molar-refractivity contribution is 6.20. The molecule has 6 nitrogen and oxygen atoms in total. The van der Waals surface area contributed by atoms with Crippen molar-refractivity contribution in [2.24, 2.45) is 0 Å². The van der Waals surface area contributed by atoms with Crippen molar-refractivity contribution < 1.29 is 13.3 Å². The Hall–Kier alpha value is -7.57. The van der Waals surface area contributed by atoms with E-state index in [4.69, 9.17) is 18.2 Å². The fraction of sp³-hybridized carbons (Fsp3) is 0. The number of hydrogen-bond acceptors (Lipinski definition) is 5. The molecule has 4 aromatic heterocycles. The van der Waals surface area contributed by atoms with Crippen LogP contribution >= 0.6 is 0 Å². The van der Waals surface area contributed by atoms with Gasteiger partial charge in [-0.3, -0.25) is 0 Å². The number of nitrogens with zero attached hydrogens (tertiary/aromatic N) is 3. The van der Waals surface area contributed by atoms with Gasteiger partial charge in [-0.1, -0.05) is 91.0 Å². The molecule has 0 unspecified atom stereocenters. The molecule has 0 spiro atoms. The Kier molecular flexibility index (Phi) is 6.24. The third-order valence-corrected chi connectivity index (χ3v) is 10.8. The standard InChI is InChI=1S/C49H29N3O3/c1-3-13-30(14-4-1)49-50-37-27-28-43-46(48(37)55-49)36-26-25-32(29-44(36)54-43)51(39-21-12-24-42-45(39)35-18-8-10-23-41(35)53-42)40-22-11-19-34-33-17-7-9-20-38(33)52(47(34)40)31-15-5-2-6-16-31/h1-29H. The summed E-state index contributed by atoms with van der Waals surface area (Å²) in [6.45, 7) is 0. The molecule has 0 saturated carbocycles. The third-order valence-electron chi connectivity index (χ3n) is 10.8. The van der Waals surface area contributed by atoms with Gasteiger partial charge in [0.25, 0.3) is 0 Å². The Labute approximate surface area is 313 Å². The average Bonchev–Trinajstić information content (AvgIpc) is 4.02. The molecule has 8 aromatic carbocycles. The van der Waals surface area contributed by atoms with Crippen LogP contribution in [0.5, 0.6) is 0 Å². The highest BCUT2D eigenvalue weighted by Gasteiger charge is 2.25. The Morgan fingerprint density at radius 1 is 0.455 bits per heavy atom. The molecule has 0 aliphatic heterocycles. The number of fused-ring (bicyclic) bond motifs is 11. The van der Waals surface area contributed by atoms with Gasteiger partial charge in [0, 0.05) is 44.5 Å². The van der Waals surface area contributed by atoms with Crippen LogP contribution in [0.25, 0.3) is 93.9 Å². The molecule has 6 heteroatoms. The smallest absolute Gasteiger partial charge is 0.227 e. The second kappa shape index (κ2) is 11.5. The van der Waals surface area contributed by atoms with Crippen LogP contribution < -0.4 is 4.90 Å². The van der Waals surface area contributed by atoms with Gasteiger partial charge in [0.2, 0.25) is 5.89 Å². The summed E-state index contributed by atoms with van der Waals surface area (Å²) in [4.78, 5) is 7.20. The van der Waals surface area contributed by atoms with Crippen molar-refractivity contribution in [1.29, 1.82) is 0 Å². The molecule has 0 N–H and O–H groups in total. The second-order valence-corrected chi connectivity index (χ2v) is 13.9. The summed E-state index contributed by atoms with van der Waals surface area (Å²) in [5, 5.41) is 6.32. The number of rotatable bonds is 5. The van der Waals surface area contributed by atoms with Crippen LogP contribution in [0.2, 0.25) is 0 Å². The monoisotopic (exact) mass is 707 g/mol. The fourth-order valence-electron chi connectivity index (χ4n) is 8.45. The first-order valence-corrected chi connectivity index (χ1v) is 18.4. The predicted molar refractivity (Wildman–Crippen MR) is 223 cm³/mol. The normalized spacial score (nSPS) is 12.0. The van der Waals surface area contributed by atoms with Gasteiger partial charge < -0.3 is 22.7 Å².